The standard InChI is InChI=1S/C61H79N9O6S/c1-40(2)44-22-19-24-46(34-44)65-60(76)66-47-25-20-23-45(35-47)49-26-21-27-50-54(49)57(62)68-70(50)53(73)29-18-16-14-12-10-8-7-9-11-13-15-17-28-52(72)67-56(61(4,5)6)59(75)69-38-48(71)36-51(69)58(74)63-37-42-30-32-43(33-31-42)55-41(3)64-39-77-55/h19-27,30-35,39-40,48,51,56,71H,7-18,28-29,36-38H2,1-6H3,(H2,62,68)(H,63,74)(H,67,72)(H2,65,66,76). The Hall–Kier alpha value is -6.91. The summed E-state index contributed by atoms with van der Waals surface area (Å²) in [6.45, 7) is 12.2. The van der Waals surface area contributed by atoms with Crippen LogP contribution < -0.4 is 27.0 Å². The summed E-state index contributed by atoms with van der Waals surface area (Å²) in [6, 6.07) is 27.0. The Labute approximate surface area is 458 Å². The molecule has 0 aliphatic carbocycles. The van der Waals surface area contributed by atoms with Crippen LogP contribution in [0.3, 0.4) is 0 Å². The number of aromatic nitrogens is 3. The molecule has 2 aromatic heterocycles. The molecule has 1 fully saturated rings. The molecular formula is C61H79N9O6S. The number of unbranched alkanes of at least 4 members (excludes halogenated alkanes) is 11. The number of nitrogen functional groups attached to an aromatic ring is 1. The maximum Gasteiger partial charge on any atom is 0.323 e. The van der Waals surface area contributed by atoms with Crippen LogP contribution in [0, 0.1) is 12.3 Å². The van der Waals surface area contributed by atoms with Gasteiger partial charge in [-0.3, -0.25) is 19.2 Å². The van der Waals surface area contributed by atoms with Gasteiger partial charge >= 0.3 is 6.03 Å². The van der Waals surface area contributed by atoms with Crippen molar-refractivity contribution < 1.29 is 29.1 Å². The summed E-state index contributed by atoms with van der Waals surface area (Å²) in [5, 5.41) is 27.6. The number of urea groups is 1. The molecule has 1 saturated heterocycles. The molecule has 77 heavy (non-hydrogen) atoms. The molecule has 7 N–H and O–H groups in total. The monoisotopic (exact) mass is 1070 g/mol. The van der Waals surface area contributed by atoms with E-state index in [0.717, 1.165) is 108 Å². The van der Waals surface area contributed by atoms with Crippen LogP contribution in [0.1, 0.15) is 158 Å². The summed E-state index contributed by atoms with van der Waals surface area (Å²) < 4.78 is 1.44. The summed E-state index contributed by atoms with van der Waals surface area (Å²) in [6.07, 6.45) is 12.4. The first-order valence-corrected chi connectivity index (χ1v) is 28.5. The molecule has 5 amide bonds. The quantitative estimate of drug-likeness (QED) is 0.0300. The van der Waals surface area contributed by atoms with Crippen LogP contribution in [-0.4, -0.2) is 79.2 Å². The van der Waals surface area contributed by atoms with Crippen molar-refractivity contribution in [3.05, 3.63) is 113 Å². The Morgan fingerprint density at radius 2 is 1.38 bits per heavy atom. The fraction of sp³-hybridized carbons (Fsp3) is 0.459. The van der Waals surface area contributed by atoms with E-state index < -0.39 is 23.6 Å². The highest BCUT2D eigenvalue weighted by molar-refractivity contribution is 7.13. The second kappa shape index (κ2) is 27.4. The van der Waals surface area contributed by atoms with E-state index in [9.17, 15) is 29.1 Å². The lowest BCUT2D eigenvalue weighted by Crippen LogP contribution is -2.57. The van der Waals surface area contributed by atoms with Crippen LogP contribution in [0.4, 0.5) is 22.0 Å². The third kappa shape index (κ3) is 16.1. The number of anilines is 3. The maximum atomic E-state index is 14.0. The Balaban J connectivity index is 0.748. The van der Waals surface area contributed by atoms with Gasteiger partial charge in [0.15, 0.2) is 5.82 Å². The third-order valence-corrected chi connectivity index (χ3v) is 15.4. The van der Waals surface area contributed by atoms with Gasteiger partial charge in [-0.25, -0.2) is 9.78 Å². The van der Waals surface area contributed by atoms with Crippen molar-refractivity contribution in [3.8, 4) is 21.6 Å². The average molecular weight is 1070 g/mol. The molecular weight excluding hydrogens is 987 g/mol. The number of nitrogens with two attached hydrogens (primary N) is 1. The highest BCUT2D eigenvalue weighted by Crippen LogP contribution is 2.35. The zero-order chi connectivity index (χ0) is 55.1. The number of likely N-dealkylation sites (tertiary alicyclic amines) is 1. The molecule has 7 rings (SSSR count). The number of benzene rings is 4. The highest BCUT2D eigenvalue weighted by atomic mass is 32.1. The summed E-state index contributed by atoms with van der Waals surface area (Å²) in [5.41, 5.74) is 15.4. The Morgan fingerprint density at radius 3 is 2.00 bits per heavy atom. The number of thiazole rings is 1. The lowest BCUT2D eigenvalue weighted by Gasteiger charge is -2.35. The van der Waals surface area contributed by atoms with Crippen molar-refractivity contribution in [2.75, 3.05) is 22.9 Å². The first kappa shape index (κ1) is 57.8. The zero-order valence-electron chi connectivity index (χ0n) is 45.8. The van der Waals surface area contributed by atoms with E-state index in [-0.39, 0.29) is 55.0 Å². The van der Waals surface area contributed by atoms with E-state index >= 15 is 0 Å². The van der Waals surface area contributed by atoms with Gasteiger partial charge in [0.25, 0.3) is 0 Å². The van der Waals surface area contributed by atoms with Crippen LogP contribution in [0.25, 0.3) is 32.5 Å². The van der Waals surface area contributed by atoms with Crippen molar-refractivity contribution in [2.24, 2.45) is 5.41 Å². The number of nitrogens with zero attached hydrogens (tertiary/aromatic N) is 4. The first-order chi connectivity index (χ1) is 37.0. The molecule has 0 bridgehead atoms. The van der Waals surface area contributed by atoms with E-state index in [4.69, 9.17) is 5.73 Å². The second-order valence-electron chi connectivity index (χ2n) is 22.0. The number of hydrogen-bond acceptors (Lipinski definition) is 10. The maximum absolute atomic E-state index is 14.0. The molecule has 0 saturated carbocycles. The van der Waals surface area contributed by atoms with Crippen LogP contribution in [0.15, 0.2) is 96.5 Å². The lowest BCUT2D eigenvalue weighted by molar-refractivity contribution is -0.144. The van der Waals surface area contributed by atoms with Crippen molar-refractivity contribution in [1.82, 2.24) is 30.3 Å². The molecule has 3 heterocycles. The van der Waals surface area contributed by atoms with Gasteiger partial charge in [0.1, 0.15) is 12.1 Å². The van der Waals surface area contributed by atoms with E-state index in [1.54, 1.807) is 11.3 Å². The molecule has 6 aromatic rings. The average Bonchev–Trinajstić information content (AvgIpc) is 4.22. The molecule has 1 aliphatic rings. The predicted molar refractivity (Wildman–Crippen MR) is 310 cm³/mol. The lowest BCUT2D eigenvalue weighted by atomic mass is 9.85. The van der Waals surface area contributed by atoms with E-state index in [1.807, 2.05) is 124 Å². The van der Waals surface area contributed by atoms with Gasteiger partial charge in [0, 0.05) is 43.7 Å². The fourth-order valence-electron chi connectivity index (χ4n) is 10.1. The number of aryl methyl sites for hydroxylation is 1. The van der Waals surface area contributed by atoms with Crippen LogP contribution in [-0.2, 0) is 20.9 Å². The largest absolute Gasteiger partial charge is 0.391 e. The summed E-state index contributed by atoms with van der Waals surface area (Å²) in [5.74, 6) is -0.335. The number of hydrogen-bond donors (Lipinski definition) is 6. The topological polar surface area (TPSA) is 214 Å². The SMILES string of the molecule is Cc1ncsc1-c1ccc(CNC(=O)C2CC(O)CN2C(=O)C(NC(=O)CCCCCCCCCCCCCCC(=O)n2nc(N)c3c(-c4cccc(NC(=O)Nc5cccc(C(C)C)c5)c4)cccc32)C(C)(C)C)cc1. The molecule has 1 aliphatic heterocycles. The number of nitrogens with one attached hydrogen (secondary N) is 4. The smallest absolute Gasteiger partial charge is 0.323 e. The number of amides is 5. The third-order valence-electron chi connectivity index (χ3n) is 14.5. The minimum atomic E-state index is -0.846. The van der Waals surface area contributed by atoms with Crippen molar-refractivity contribution >= 4 is 69.1 Å². The fourth-order valence-corrected chi connectivity index (χ4v) is 10.9. The minimum absolute atomic E-state index is 0.0346. The van der Waals surface area contributed by atoms with Crippen LogP contribution >= 0.6 is 11.3 Å². The highest BCUT2D eigenvalue weighted by Gasteiger charge is 2.44. The van der Waals surface area contributed by atoms with Gasteiger partial charge in [0.05, 0.1) is 33.1 Å². The number of aliphatic hydroxyl groups is 1. The summed E-state index contributed by atoms with van der Waals surface area (Å²) in [4.78, 5) is 74.0. The molecule has 4 aromatic carbocycles. The van der Waals surface area contributed by atoms with Gasteiger partial charge in [0.2, 0.25) is 23.6 Å². The van der Waals surface area contributed by atoms with Crippen molar-refractivity contribution in [3.63, 3.8) is 0 Å². The molecule has 3 unspecified atom stereocenters. The Morgan fingerprint density at radius 1 is 0.766 bits per heavy atom. The number of carbonyl (C=O) groups is 5. The summed E-state index contributed by atoms with van der Waals surface area (Å²) >= 11 is 1.58. The Bertz CT molecular complexity index is 2960. The molecule has 0 spiro atoms. The number of β-amino-alcohol motifs (C(OH)–C–C–N with tert-alkyl or cyclic N) is 1. The van der Waals surface area contributed by atoms with Gasteiger partial charge < -0.3 is 37.0 Å². The predicted octanol–water partition coefficient (Wildman–Crippen LogP) is 12.4. The van der Waals surface area contributed by atoms with Gasteiger partial charge in [-0.15, -0.1) is 16.4 Å². The van der Waals surface area contributed by atoms with E-state index in [0.29, 0.717) is 35.3 Å². The van der Waals surface area contributed by atoms with E-state index in [2.05, 4.69) is 45.2 Å². The van der Waals surface area contributed by atoms with Crippen LogP contribution in [0.2, 0.25) is 0 Å². The number of fused-ring (bicyclic) bond motifs is 1. The molecule has 3 atom stereocenters. The molecule has 15 nitrogen and oxygen atoms in total. The zero-order valence-corrected chi connectivity index (χ0v) is 46.6. The molecule has 16 heteroatoms. The second-order valence-corrected chi connectivity index (χ2v) is 22.9. The molecule has 0 radical (unpaired) electrons. The normalized spacial score (nSPS) is 14.9. The van der Waals surface area contributed by atoms with Gasteiger partial charge in [-0.2, -0.15) is 4.68 Å². The molecule has 410 valence electrons. The number of rotatable bonds is 25. The van der Waals surface area contributed by atoms with Gasteiger partial charge in [-0.1, -0.05) is 159 Å². The summed E-state index contributed by atoms with van der Waals surface area (Å²) in [7, 11) is 0. The van der Waals surface area contributed by atoms with Gasteiger partial charge in [-0.05, 0) is 89.2 Å². The first-order valence-electron chi connectivity index (χ1n) is 27.6. The van der Waals surface area contributed by atoms with Crippen molar-refractivity contribution in [2.45, 2.75) is 169 Å². The minimum Gasteiger partial charge on any atom is -0.391 e. The Kier molecular flexibility index (Phi) is 20.6. The van der Waals surface area contributed by atoms with E-state index in [1.165, 1.54) is 22.4 Å². The number of carbonyl (C=O) groups excluding carboxylic acids is 5. The van der Waals surface area contributed by atoms with Crippen molar-refractivity contribution in [1.29, 1.82) is 0 Å². The van der Waals surface area contributed by atoms with Crippen LogP contribution in [0.5, 0.6) is 0 Å². The number of aliphatic hydroxyl groups excluding tert-OH is 1.